The van der Waals surface area contributed by atoms with Crippen LogP contribution >= 0.6 is 0 Å². The van der Waals surface area contributed by atoms with E-state index in [9.17, 15) is 4.79 Å². The second kappa shape index (κ2) is 6.16. The lowest BCUT2D eigenvalue weighted by Crippen LogP contribution is -2.13. The molecule has 0 aliphatic carbocycles. The highest BCUT2D eigenvalue weighted by molar-refractivity contribution is 6.08. The van der Waals surface area contributed by atoms with Gasteiger partial charge in [0.25, 0.3) is 5.91 Å². The summed E-state index contributed by atoms with van der Waals surface area (Å²) >= 11 is 0. The van der Waals surface area contributed by atoms with Crippen LogP contribution in [0.5, 0.6) is 0 Å². The maximum Gasteiger partial charge on any atom is 0.278 e. The largest absolute Gasteiger partial charge is 0.463 e. The van der Waals surface area contributed by atoms with E-state index in [1.54, 1.807) is 12.6 Å². The average molecular weight is 371 g/mol. The molecule has 5 rings (SSSR count). The normalized spacial score (nSPS) is 12.9. The molecule has 0 bridgehead atoms. The van der Waals surface area contributed by atoms with E-state index < -0.39 is 0 Å². The summed E-state index contributed by atoms with van der Waals surface area (Å²) < 4.78 is 7.24. The van der Waals surface area contributed by atoms with E-state index in [1.807, 2.05) is 54.6 Å². The molecule has 7 heteroatoms. The Morgan fingerprint density at radius 3 is 2.93 bits per heavy atom. The van der Waals surface area contributed by atoms with Gasteiger partial charge in [0.15, 0.2) is 11.3 Å². The van der Waals surface area contributed by atoms with Crippen molar-refractivity contribution in [3.8, 4) is 0 Å². The number of benzene rings is 1. The summed E-state index contributed by atoms with van der Waals surface area (Å²) in [5.74, 6) is 0.469. The topological polar surface area (TPSA) is 84.8 Å². The number of carbonyl (C=O) groups excluding carboxylic acids is 1. The van der Waals surface area contributed by atoms with Gasteiger partial charge >= 0.3 is 0 Å². The van der Waals surface area contributed by atoms with E-state index in [0.717, 1.165) is 34.1 Å². The molecule has 1 aliphatic rings. The monoisotopic (exact) mass is 371 g/mol. The lowest BCUT2D eigenvalue weighted by atomic mass is 10.1. The maximum atomic E-state index is 12.8. The van der Waals surface area contributed by atoms with Gasteiger partial charge in [-0.15, -0.1) is 0 Å². The molecule has 4 aromatic rings. The Kier molecular flexibility index (Phi) is 3.61. The smallest absolute Gasteiger partial charge is 0.278 e. The van der Waals surface area contributed by atoms with Crippen LogP contribution in [0.2, 0.25) is 0 Å². The number of furan rings is 1. The summed E-state index contributed by atoms with van der Waals surface area (Å²) in [5, 5.41) is 2.91. The second-order valence-corrected chi connectivity index (χ2v) is 6.84. The third-order valence-corrected chi connectivity index (χ3v) is 4.80. The van der Waals surface area contributed by atoms with Crippen molar-refractivity contribution in [2.75, 3.05) is 5.32 Å². The van der Waals surface area contributed by atoms with E-state index in [0.29, 0.717) is 23.4 Å². The Morgan fingerprint density at radius 1 is 1.21 bits per heavy atom. The minimum atomic E-state index is -0.298. The molecule has 28 heavy (non-hydrogen) atoms. The number of anilines is 1. The minimum Gasteiger partial charge on any atom is -0.463 e. The molecule has 138 valence electrons. The van der Waals surface area contributed by atoms with Gasteiger partial charge in [-0.05, 0) is 49.7 Å². The van der Waals surface area contributed by atoms with Crippen LogP contribution in [-0.4, -0.2) is 26.0 Å². The van der Waals surface area contributed by atoms with Crippen molar-refractivity contribution in [2.45, 2.75) is 20.3 Å². The Balaban J connectivity index is 1.43. The van der Waals surface area contributed by atoms with Crippen molar-refractivity contribution in [3.05, 3.63) is 77.4 Å². The van der Waals surface area contributed by atoms with Crippen LogP contribution in [-0.2, 0) is 6.42 Å². The molecule has 0 saturated heterocycles. The van der Waals surface area contributed by atoms with Gasteiger partial charge < -0.3 is 9.73 Å². The number of aryl methyl sites for hydroxylation is 2. The lowest BCUT2D eigenvalue weighted by molar-refractivity contribution is 0.102. The SMILES string of the molecule is Cc1cc(C)n2cnc(C(=O)Nc3ccc4c(c3)N=C(c3ccco3)C4)c2n1. The average Bonchev–Trinajstić information content (AvgIpc) is 3.39. The standard InChI is InChI=1S/C21H17N5O2/c1-12-8-13(2)26-11-22-19(20(26)23-12)21(27)24-15-6-5-14-9-17(25-16(14)10-15)18-4-3-7-28-18/h3-8,10-11H,9H2,1-2H3,(H,24,27). The Morgan fingerprint density at radius 2 is 2.11 bits per heavy atom. The van der Waals surface area contributed by atoms with E-state index in [-0.39, 0.29) is 5.91 Å². The van der Waals surface area contributed by atoms with Gasteiger partial charge in [0.05, 0.1) is 17.7 Å². The number of hydrogen-bond donors (Lipinski definition) is 1. The summed E-state index contributed by atoms with van der Waals surface area (Å²) in [6.45, 7) is 3.86. The molecule has 0 radical (unpaired) electrons. The zero-order chi connectivity index (χ0) is 19.3. The predicted molar refractivity (Wildman–Crippen MR) is 105 cm³/mol. The fraction of sp³-hybridized carbons (Fsp3) is 0.143. The van der Waals surface area contributed by atoms with Crippen molar-refractivity contribution in [1.82, 2.24) is 14.4 Å². The van der Waals surface area contributed by atoms with Crippen LogP contribution in [0.15, 0.2) is 58.4 Å². The summed E-state index contributed by atoms with van der Waals surface area (Å²) in [5.41, 5.74) is 6.16. The quantitative estimate of drug-likeness (QED) is 0.592. The van der Waals surface area contributed by atoms with Crippen molar-refractivity contribution < 1.29 is 9.21 Å². The number of imidazole rings is 1. The molecule has 1 aromatic carbocycles. The molecule has 0 saturated carbocycles. The molecule has 0 unspecified atom stereocenters. The van der Waals surface area contributed by atoms with E-state index in [4.69, 9.17) is 4.42 Å². The van der Waals surface area contributed by atoms with E-state index >= 15 is 0 Å². The first-order valence-electron chi connectivity index (χ1n) is 8.95. The zero-order valence-electron chi connectivity index (χ0n) is 15.4. The van der Waals surface area contributed by atoms with Crippen molar-refractivity contribution in [3.63, 3.8) is 0 Å². The Hall–Kier alpha value is -3.74. The molecule has 0 fully saturated rings. The number of aliphatic imine (C=N–C) groups is 1. The van der Waals surface area contributed by atoms with Crippen LogP contribution in [0.25, 0.3) is 5.65 Å². The summed E-state index contributed by atoms with van der Waals surface area (Å²) in [6.07, 6.45) is 3.97. The highest BCUT2D eigenvalue weighted by Crippen LogP contribution is 2.31. The number of nitrogens with one attached hydrogen (secondary N) is 1. The van der Waals surface area contributed by atoms with Crippen molar-refractivity contribution in [2.24, 2.45) is 4.99 Å². The van der Waals surface area contributed by atoms with Gasteiger partial charge in [0.1, 0.15) is 12.1 Å². The van der Waals surface area contributed by atoms with Crippen LogP contribution in [0.4, 0.5) is 11.4 Å². The summed E-state index contributed by atoms with van der Waals surface area (Å²) in [6, 6.07) is 11.4. The highest BCUT2D eigenvalue weighted by atomic mass is 16.3. The highest BCUT2D eigenvalue weighted by Gasteiger charge is 2.20. The van der Waals surface area contributed by atoms with Gasteiger partial charge in [-0.3, -0.25) is 9.20 Å². The molecule has 3 aromatic heterocycles. The first-order chi connectivity index (χ1) is 13.6. The number of fused-ring (bicyclic) bond motifs is 2. The number of rotatable bonds is 3. The molecular formula is C21H17N5O2. The Bertz CT molecular complexity index is 1250. The van der Waals surface area contributed by atoms with Gasteiger partial charge in [-0.25, -0.2) is 15.0 Å². The summed E-state index contributed by atoms with van der Waals surface area (Å²) in [4.78, 5) is 26.1. The van der Waals surface area contributed by atoms with Crippen LogP contribution in [0.3, 0.4) is 0 Å². The zero-order valence-corrected chi connectivity index (χ0v) is 15.4. The number of hydrogen-bond acceptors (Lipinski definition) is 5. The maximum absolute atomic E-state index is 12.8. The number of aromatic nitrogens is 3. The molecule has 0 atom stereocenters. The van der Waals surface area contributed by atoms with E-state index in [2.05, 4.69) is 20.3 Å². The molecule has 7 nitrogen and oxygen atoms in total. The van der Waals surface area contributed by atoms with Crippen molar-refractivity contribution in [1.29, 1.82) is 0 Å². The second-order valence-electron chi connectivity index (χ2n) is 6.84. The fourth-order valence-corrected chi connectivity index (χ4v) is 3.47. The fourth-order valence-electron chi connectivity index (χ4n) is 3.47. The minimum absolute atomic E-state index is 0.298. The van der Waals surface area contributed by atoms with Gasteiger partial charge in [-0.2, -0.15) is 0 Å². The summed E-state index contributed by atoms with van der Waals surface area (Å²) in [7, 11) is 0. The number of carbonyl (C=O) groups is 1. The number of amides is 1. The van der Waals surface area contributed by atoms with Crippen LogP contribution in [0.1, 0.15) is 33.2 Å². The molecule has 0 spiro atoms. The van der Waals surface area contributed by atoms with Gasteiger partial charge in [0, 0.05) is 23.5 Å². The predicted octanol–water partition coefficient (Wildman–Crippen LogP) is 3.87. The lowest BCUT2D eigenvalue weighted by Gasteiger charge is -2.06. The Labute approximate surface area is 160 Å². The van der Waals surface area contributed by atoms with Crippen LogP contribution < -0.4 is 5.32 Å². The van der Waals surface area contributed by atoms with Crippen LogP contribution in [0, 0.1) is 13.8 Å². The molecular weight excluding hydrogens is 354 g/mol. The van der Waals surface area contributed by atoms with Gasteiger partial charge in [-0.1, -0.05) is 6.07 Å². The van der Waals surface area contributed by atoms with Crippen molar-refractivity contribution >= 4 is 28.6 Å². The molecule has 1 amide bonds. The molecule has 4 heterocycles. The molecule has 1 aliphatic heterocycles. The third kappa shape index (κ3) is 2.68. The van der Waals surface area contributed by atoms with Gasteiger partial charge in [0.2, 0.25) is 0 Å². The molecule has 1 N–H and O–H groups in total. The van der Waals surface area contributed by atoms with E-state index in [1.165, 1.54) is 0 Å². The third-order valence-electron chi connectivity index (χ3n) is 4.80. The number of nitrogens with zero attached hydrogens (tertiary/aromatic N) is 4. The first-order valence-corrected chi connectivity index (χ1v) is 8.95. The first kappa shape index (κ1) is 16.4.